The molecule has 0 saturated carbocycles. The number of aliphatic hydroxyl groups excluding tert-OH is 6. The van der Waals surface area contributed by atoms with E-state index in [1.54, 1.807) is 0 Å². The number of carbonyl (C=O) groups excluding carboxylic acids is 2. The van der Waals surface area contributed by atoms with E-state index in [2.05, 4.69) is 38.2 Å². The molecule has 0 amide bonds. The van der Waals surface area contributed by atoms with Crippen LogP contribution in [0.5, 0.6) is 0 Å². The molecule has 2 saturated heterocycles. The Hall–Kier alpha value is -1.94. The van der Waals surface area contributed by atoms with Crippen LogP contribution in [0.25, 0.3) is 0 Å². The highest BCUT2D eigenvalue weighted by atomic mass is 16.8. The first-order valence-corrected chi connectivity index (χ1v) is 24.2. The lowest BCUT2D eigenvalue weighted by atomic mass is 9.99. The summed E-state index contributed by atoms with van der Waals surface area (Å²) in [5.74, 6) is -3.34. The summed E-state index contributed by atoms with van der Waals surface area (Å²) in [6.07, 6.45) is 25.8. The van der Waals surface area contributed by atoms with Crippen LogP contribution in [0.3, 0.4) is 0 Å². The van der Waals surface area contributed by atoms with Crippen molar-refractivity contribution in [2.45, 2.75) is 248 Å². The number of ether oxygens (including phenoxy) is 5. The maximum atomic E-state index is 12.5. The van der Waals surface area contributed by atoms with Crippen molar-refractivity contribution >= 4 is 11.9 Å². The first-order chi connectivity index (χ1) is 29.6. The quantitative estimate of drug-likeness (QED) is 0.0201. The van der Waals surface area contributed by atoms with Gasteiger partial charge >= 0.3 is 11.9 Å². The average molecular weight is 871 g/mol. The van der Waals surface area contributed by atoms with Crippen LogP contribution in [0.15, 0.2) is 24.3 Å². The Morgan fingerprint density at radius 1 is 0.508 bits per heavy atom. The molecular weight excluding hydrogens is 785 g/mol. The molecule has 9 atom stereocenters. The lowest BCUT2D eigenvalue weighted by Gasteiger charge is -2.43. The fourth-order valence-electron chi connectivity index (χ4n) is 7.78. The molecule has 2 rings (SSSR count). The zero-order valence-corrected chi connectivity index (χ0v) is 37.9. The molecule has 0 aromatic rings. The third-order valence-corrected chi connectivity index (χ3v) is 11.8. The normalized spacial score (nSPS) is 26.8. The Morgan fingerprint density at radius 2 is 0.902 bits per heavy atom. The average Bonchev–Trinajstić information content (AvgIpc) is 3.49. The second-order valence-corrected chi connectivity index (χ2v) is 17.2. The Morgan fingerprint density at radius 3 is 1.33 bits per heavy atom. The first-order valence-electron chi connectivity index (χ1n) is 24.2. The van der Waals surface area contributed by atoms with Crippen LogP contribution >= 0.6 is 0 Å². The van der Waals surface area contributed by atoms with Crippen molar-refractivity contribution in [2.75, 3.05) is 19.8 Å². The van der Waals surface area contributed by atoms with Crippen LogP contribution in [0.1, 0.15) is 194 Å². The second kappa shape index (κ2) is 34.5. The summed E-state index contributed by atoms with van der Waals surface area (Å²) < 4.78 is 27.7. The summed E-state index contributed by atoms with van der Waals surface area (Å²) in [5.41, 5.74) is 0. The van der Waals surface area contributed by atoms with E-state index >= 15 is 0 Å². The molecule has 0 spiro atoms. The standard InChI is InChI=1S/C48H86O13/c1-3-5-7-9-11-13-15-17-19-21-23-25-27-29-31-33-40(50)57-35-38-42(52)44(54)45(55)47(59-38)61-48(37-49)46(56)43(53)39(60-48)36-58-41(51)34-32-30-28-26-24-22-20-18-16-14-12-10-8-6-4-2/h17-20,38-39,42-47,49,52-56H,3-16,21-37H2,1-2H3/b19-17-,20-18-/t38-,39-,42-,43-,44+,45-,46+,47-,48+/m1/s1. The fraction of sp³-hybridized carbons (Fsp3) is 0.875. The topological polar surface area (TPSA) is 202 Å². The summed E-state index contributed by atoms with van der Waals surface area (Å²) in [6, 6.07) is 0. The zero-order valence-electron chi connectivity index (χ0n) is 37.9. The van der Waals surface area contributed by atoms with Crippen molar-refractivity contribution in [1.82, 2.24) is 0 Å². The minimum atomic E-state index is -2.33. The molecule has 2 heterocycles. The molecule has 6 N–H and O–H groups in total. The van der Waals surface area contributed by atoms with Crippen molar-refractivity contribution in [3.05, 3.63) is 24.3 Å². The lowest BCUT2D eigenvalue weighted by molar-refractivity contribution is -0.383. The Balaban J connectivity index is 1.65. The molecule has 0 unspecified atom stereocenters. The number of aliphatic hydroxyl groups is 6. The van der Waals surface area contributed by atoms with E-state index in [-0.39, 0.29) is 12.8 Å². The van der Waals surface area contributed by atoms with Crippen molar-refractivity contribution in [3.8, 4) is 0 Å². The van der Waals surface area contributed by atoms with E-state index in [0.717, 1.165) is 77.0 Å². The molecule has 356 valence electrons. The van der Waals surface area contributed by atoms with Gasteiger partial charge in [0.15, 0.2) is 6.29 Å². The van der Waals surface area contributed by atoms with Crippen molar-refractivity contribution < 1.29 is 63.9 Å². The number of unbranched alkanes of at least 4 members (excludes halogenated alkanes) is 22. The van der Waals surface area contributed by atoms with Crippen LogP contribution in [0.2, 0.25) is 0 Å². The fourth-order valence-corrected chi connectivity index (χ4v) is 7.78. The van der Waals surface area contributed by atoms with E-state index in [4.69, 9.17) is 23.7 Å². The highest BCUT2D eigenvalue weighted by Crippen LogP contribution is 2.36. The predicted molar refractivity (Wildman–Crippen MR) is 235 cm³/mol. The molecule has 0 aromatic heterocycles. The summed E-state index contributed by atoms with van der Waals surface area (Å²) in [5, 5.41) is 63.7. The maximum absolute atomic E-state index is 12.5. The number of allylic oxidation sites excluding steroid dienone is 4. The highest BCUT2D eigenvalue weighted by molar-refractivity contribution is 5.69. The predicted octanol–water partition coefficient (Wildman–Crippen LogP) is 7.78. The molecule has 13 nitrogen and oxygen atoms in total. The minimum Gasteiger partial charge on any atom is -0.463 e. The number of hydrogen-bond donors (Lipinski definition) is 6. The van der Waals surface area contributed by atoms with Gasteiger partial charge in [-0.05, 0) is 64.2 Å². The van der Waals surface area contributed by atoms with Crippen LogP contribution in [0, 0.1) is 0 Å². The Labute approximate surface area is 367 Å². The molecule has 61 heavy (non-hydrogen) atoms. The third kappa shape index (κ3) is 23.0. The first kappa shape index (κ1) is 55.2. The van der Waals surface area contributed by atoms with Gasteiger partial charge in [-0.1, -0.05) is 141 Å². The molecule has 0 aromatic carbocycles. The van der Waals surface area contributed by atoms with Gasteiger partial charge < -0.3 is 54.3 Å². The Bertz CT molecular complexity index is 1170. The van der Waals surface area contributed by atoms with Gasteiger partial charge in [0.25, 0.3) is 0 Å². The summed E-state index contributed by atoms with van der Waals surface area (Å²) in [4.78, 5) is 24.9. The lowest BCUT2D eigenvalue weighted by Crippen LogP contribution is -2.62. The molecule has 0 bridgehead atoms. The van der Waals surface area contributed by atoms with Crippen LogP contribution in [-0.2, 0) is 33.3 Å². The number of rotatable bonds is 37. The molecule has 0 aliphatic carbocycles. The van der Waals surface area contributed by atoms with Crippen LogP contribution in [-0.4, -0.2) is 117 Å². The molecule has 13 heteroatoms. The number of carbonyl (C=O) groups is 2. The molecule has 2 aliphatic rings. The number of esters is 2. The van der Waals surface area contributed by atoms with Crippen molar-refractivity contribution in [1.29, 1.82) is 0 Å². The zero-order chi connectivity index (χ0) is 44.6. The largest absolute Gasteiger partial charge is 0.463 e. The van der Waals surface area contributed by atoms with Gasteiger partial charge in [0.1, 0.15) is 62.5 Å². The van der Waals surface area contributed by atoms with E-state index in [1.165, 1.54) is 77.0 Å². The molecule has 2 fully saturated rings. The van der Waals surface area contributed by atoms with E-state index in [1.807, 2.05) is 0 Å². The molecule has 0 radical (unpaired) electrons. The van der Waals surface area contributed by atoms with Crippen LogP contribution < -0.4 is 0 Å². The Kier molecular flexibility index (Phi) is 31.2. The van der Waals surface area contributed by atoms with Gasteiger partial charge in [0.05, 0.1) is 0 Å². The molecular formula is C48H86O13. The van der Waals surface area contributed by atoms with E-state index < -0.39 is 86.6 Å². The highest BCUT2D eigenvalue weighted by Gasteiger charge is 2.59. The van der Waals surface area contributed by atoms with E-state index in [0.29, 0.717) is 12.8 Å². The van der Waals surface area contributed by atoms with Gasteiger partial charge in [-0.25, -0.2) is 0 Å². The SMILES string of the molecule is CCCCCCCC/C=C\CCCCCCCC(=O)OC[C@H]1O[C@@](CO)(O[C@H]2O[C@H](COC(=O)CCCCCCC/C=C\CCCCCCCC)[C@@H](O)[C@H](O)[C@H]2O)[C@@H](O)[C@@H]1O. The smallest absolute Gasteiger partial charge is 0.305 e. The van der Waals surface area contributed by atoms with Crippen molar-refractivity contribution in [3.63, 3.8) is 0 Å². The van der Waals surface area contributed by atoms with Gasteiger partial charge in [0, 0.05) is 12.8 Å². The monoisotopic (exact) mass is 871 g/mol. The van der Waals surface area contributed by atoms with E-state index in [9.17, 15) is 40.2 Å². The van der Waals surface area contributed by atoms with Gasteiger partial charge in [0.2, 0.25) is 5.79 Å². The van der Waals surface area contributed by atoms with Crippen molar-refractivity contribution in [2.24, 2.45) is 0 Å². The summed E-state index contributed by atoms with van der Waals surface area (Å²) in [7, 11) is 0. The van der Waals surface area contributed by atoms with Gasteiger partial charge in [-0.2, -0.15) is 0 Å². The molecule has 2 aliphatic heterocycles. The van der Waals surface area contributed by atoms with Gasteiger partial charge in [-0.3, -0.25) is 9.59 Å². The maximum Gasteiger partial charge on any atom is 0.305 e. The second-order valence-electron chi connectivity index (χ2n) is 17.2. The number of hydrogen-bond acceptors (Lipinski definition) is 13. The third-order valence-electron chi connectivity index (χ3n) is 11.8. The minimum absolute atomic E-state index is 0.168. The summed E-state index contributed by atoms with van der Waals surface area (Å²) >= 11 is 0. The summed E-state index contributed by atoms with van der Waals surface area (Å²) in [6.45, 7) is 2.57. The van der Waals surface area contributed by atoms with Crippen LogP contribution in [0.4, 0.5) is 0 Å². The van der Waals surface area contributed by atoms with Gasteiger partial charge in [-0.15, -0.1) is 0 Å².